The predicted octanol–water partition coefficient (Wildman–Crippen LogP) is 3.37. The fourth-order valence-corrected chi connectivity index (χ4v) is 2.91. The second kappa shape index (κ2) is 5.91. The molecule has 1 amide bonds. The molecule has 1 heterocycles. The van der Waals surface area contributed by atoms with Crippen LogP contribution in [-0.2, 0) is 11.2 Å². The first-order chi connectivity index (χ1) is 10.1. The van der Waals surface area contributed by atoms with Gasteiger partial charge >= 0.3 is 6.18 Å². The number of halogens is 3. The van der Waals surface area contributed by atoms with Gasteiger partial charge in [0, 0.05) is 12.0 Å². The van der Waals surface area contributed by atoms with E-state index in [9.17, 15) is 18.0 Å². The normalized spacial score (nSPS) is 20.0. The van der Waals surface area contributed by atoms with E-state index in [1.165, 1.54) is 0 Å². The zero-order chi connectivity index (χ0) is 16.5. The molecule has 1 aromatic rings. The van der Waals surface area contributed by atoms with Crippen LogP contribution in [0.15, 0.2) is 24.3 Å². The molecule has 0 spiro atoms. The van der Waals surface area contributed by atoms with E-state index >= 15 is 0 Å². The number of rotatable bonds is 4. The van der Waals surface area contributed by atoms with E-state index in [1.54, 1.807) is 13.8 Å². The first kappa shape index (κ1) is 16.8. The number of carbonyl (C=O) groups is 1. The third-order valence-electron chi connectivity index (χ3n) is 3.97. The topological polar surface area (TPSA) is 32.3 Å². The van der Waals surface area contributed by atoms with Crippen molar-refractivity contribution in [2.45, 2.75) is 57.8 Å². The van der Waals surface area contributed by atoms with Crippen LogP contribution in [0.25, 0.3) is 0 Å². The van der Waals surface area contributed by atoms with Crippen molar-refractivity contribution in [3.05, 3.63) is 35.4 Å². The van der Waals surface area contributed by atoms with Gasteiger partial charge in [-0.25, -0.2) is 5.01 Å². The fraction of sp³-hybridized carbons (Fsp3) is 0.562. The summed E-state index contributed by atoms with van der Waals surface area (Å²) in [6.45, 7) is 5.21. The molecule has 0 aliphatic carbocycles. The summed E-state index contributed by atoms with van der Waals surface area (Å²) in [7, 11) is 0. The SMILES string of the molecule is Cc1cccc(CC[C@H](N2NC(=O)CC2(C)C)C(F)(F)F)c1. The first-order valence-electron chi connectivity index (χ1n) is 7.31. The Balaban J connectivity index is 2.16. The second-order valence-electron chi connectivity index (χ2n) is 6.48. The molecule has 1 aliphatic rings. The van der Waals surface area contributed by atoms with Crippen LogP contribution in [0.4, 0.5) is 13.2 Å². The lowest BCUT2D eigenvalue weighted by atomic mass is 9.97. The molecule has 0 bridgehead atoms. The molecule has 0 unspecified atom stereocenters. The Bertz CT molecular complexity index is 555. The molecule has 1 atom stereocenters. The molecule has 0 aromatic heterocycles. The highest BCUT2D eigenvalue weighted by molar-refractivity contribution is 5.78. The third-order valence-corrected chi connectivity index (χ3v) is 3.97. The summed E-state index contributed by atoms with van der Waals surface area (Å²) in [4.78, 5) is 11.5. The van der Waals surface area contributed by atoms with Crippen molar-refractivity contribution < 1.29 is 18.0 Å². The van der Waals surface area contributed by atoms with Gasteiger partial charge in [0.2, 0.25) is 5.91 Å². The largest absolute Gasteiger partial charge is 0.405 e. The molecule has 0 radical (unpaired) electrons. The van der Waals surface area contributed by atoms with E-state index in [0.717, 1.165) is 16.1 Å². The minimum atomic E-state index is -4.39. The van der Waals surface area contributed by atoms with E-state index in [-0.39, 0.29) is 18.7 Å². The van der Waals surface area contributed by atoms with Crippen LogP contribution in [0.1, 0.15) is 37.8 Å². The van der Waals surface area contributed by atoms with Gasteiger partial charge in [0.1, 0.15) is 6.04 Å². The van der Waals surface area contributed by atoms with Crippen LogP contribution >= 0.6 is 0 Å². The maximum atomic E-state index is 13.4. The maximum Gasteiger partial charge on any atom is 0.405 e. The molecule has 0 saturated carbocycles. The van der Waals surface area contributed by atoms with E-state index in [2.05, 4.69) is 5.43 Å². The average molecular weight is 314 g/mol. The molecule has 1 saturated heterocycles. The highest BCUT2D eigenvalue weighted by atomic mass is 19.4. The zero-order valence-electron chi connectivity index (χ0n) is 13.0. The lowest BCUT2D eigenvalue weighted by Gasteiger charge is -2.37. The molecular weight excluding hydrogens is 293 g/mol. The van der Waals surface area contributed by atoms with Crippen molar-refractivity contribution in [1.29, 1.82) is 0 Å². The van der Waals surface area contributed by atoms with E-state index in [0.29, 0.717) is 6.42 Å². The van der Waals surface area contributed by atoms with Crippen LogP contribution in [0.5, 0.6) is 0 Å². The number of benzene rings is 1. The van der Waals surface area contributed by atoms with Crippen molar-refractivity contribution in [3.63, 3.8) is 0 Å². The van der Waals surface area contributed by atoms with Gasteiger partial charge in [-0.2, -0.15) is 13.2 Å². The molecule has 6 heteroatoms. The lowest BCUT2D eigenvalue weighted by Crippen LogP contribution is -2.56. The zero-order valence-corrected chi connectivity index (χ0v) is 13.0. The van der Waals surface area contributed by atoms with Crippen LogP contribution in [-0.4, -0.2) is 28.7 Å². The van der Waals surface area contributed by atoms with Crippen molar-refractivity contribution in [1.82, 2.24) is 10.4 Å². The molecule has 2 rings (SSSR count). The van der Waals surface area contributed by atoms with Crippen molar-refractivity contribution in [3.8, 4) is 0 Å². The summed E-state index contributed by atoms with van der Waals surface area (Å²) in [5, 5.41) is 1.07. The molecule has 1 aromatic carbocycles. The quantitative estimate of drug-likeness (QED) is 0.924. The minimum absolute atomic E-state index is 0.0734. The van der Waals surface area contributed by atoms with Crippen molar-refractivity contribution in [2.75, 3.05) is 0 Å². The van der Waals surface area contributed by atoms with Crippen molar-refractivity contribution in [2.24, 2.45) is 0 Å². The number of hydrazine groups is 1. The van der Waals surface area contributed by atoms with Gasteiger partial charge in [0.25, 0.3) is 0 Å². The van der Waals surface area contributed by atoms with E-state index in [1.807, 2.05) is 31.2 Å². The number of carbonyl (C=O) groups excluding carboxylic acids is 1. The number of aryl methyl sites for hydroxylation is 2. The summed E-state index contributed by atoms with van der Waals surface area (Å²) >= 11 is 0. The number of alkyl halides is 3. The van der Waals surface area contributed by atoms with Crippen molar-refractivity contribution >= 4 is 5.91 Å². The Morgan fingerprint density at radius 1 is 1.36 bits per heavy atom. The van der Waals surface area contributed by atoms with Gasteiger partial charge in [-0.15, -0.1) is 0 Å². The second-order valence-corrected chi connectivity index (χ2v) is 6.48. The van der Waals surface area contributed by atoms with Crippen LogP contribution in [0, 0.1) is 6.92 Å². The summed E-state index contributed by atoms with van der Waals surface area (Å²) < 4.78 is 40.3. The Morgan fingerprint density at radius 2 is 2.05 bits per heavy atom. The summed E-state index contributed by atoms with van der Waals surface area (Å²) in [5.41, 5.74) is 3.43. The number of nitrogens with one attached hydrogen (secondary N) is 1. The summed E-state index contributed by atoms with van der Waals surface area (Å²) in [5.74, 6) is -0.366. The van der Waals surface area contributed by atoms with Crippen LogP contribution in [0.3, 0.4) is 0 Å². The molecule has 22 heavy (non-hydrogen) atoms. The predicted molar refractivity (Wildman–Crippen MR) is 78.0 cm³/mol. The smallest absolute Gasteiger partial charge is 0.288 e. The molecule has 122 valence electrons. The number of amides is 1. The molecular formula is C16H21F3N2O. The molecule has 1 fully saturated rings. The summed E-state index contributed by atoms with van der Waals surface area (Å²) in [6, 6.07) is 5.79. The highest BCUT2D eigenvalue weighted by Gasteiger charge is 2.51. The van der Waals surface area contributed by atoms with Crippen LogP contribution < -0.4 is 5.43 Å². The van der Waals surface area contributed by atoms with Gasteiger partial charge in [-0.1, -0.05) is 29.8 Å². The molecule has 1 N–H and O–H groups in total. The number of hydrogen-bond acceptors (Lipinski definition) is 2. The number of hydrogen-bond donors (Lipinski definition) is 1. The van der Waals surface area contributed by atoms with E-state index in [4.69, 9.17) is 0 Å². The molecule has 3 nitrogen and oxygen atoms in total. The van der Waals surface area contributed by atoms with Gasteiger partial charge in [0.15, 0.2) is 0 Å². The average Bonchev–Trinajstić information content (AvgIpc) is 2.61. The van der Waals surface area contributed by atoms with Gasteiger partial charge in [0.05, 0.1) is 0 Å². The highest BCUT2D eigenvalue weighted by Crippen LogP contribution is 2.35. The van der Waals surface area contributed by atoms with Gasteiger partial charge in [-0.3, -0.25) is 10.2 Å². The minimum Gasteiger partial charge on any atom is -0.288 e. The Morgan fingerprint density at radius 3 is 2.55 bits per heavy atom. The summed E-state index contributed by atoms with van der Waals surface area (Å²) in [6.07, 6.45) is -4.09. The maximum absolute atomic E-state index is 13.4. The molecule has 1 aliphatic heterocycles. The lowest BCUT2D eigenvalue weighted by molar-refractivity contribution is -0.202. The van der Waals surface area contributed by atoms with Gasteiger partial charge in [-0.05, 0) is 39.2 Å². The van der Waals surface area contributed by atoms with Gasteiger partial charge < -0.3 is 0 Å². The first-order valence-corrected chi connectivity index (χ1v) is 7.31. The van der Waals surface area contributed by atoms with E-state index < -0.39 is 17.8 Å². The Labute approximate surface area is 128 Å². The number of nitrogens with zero attached hydrogens (tertiary/aromatic N) is 1. The fourth-order valence-electron chi connectivity index (χ4n) is 2.91. The monoisotopic (exact) mass is 314 g/mol. The third kappa shape index (κ3) is 3.80. The Kier molecular flexibility index (Phi) is 4.52. The standard InChI is InChI=1S/C16H21F3N2O/c1-11-5-4-6-12(9-11)7-8-13(16(17,18)19)21-15(2,3)10-14(22)20-21/h4-6,9,13H,7-8,10H2,1-3H3,(H,20,22)/t13-/m0/s1. The Hall–Kier alpha value is -1.56. The van der Waals surface area contributed by atoms with Crippen LogP contribution in [0.2, 0.25) is 0 Å².